The third kappa shape index (κ3) is 3.79. The van der Waals surface area contributed by atoms with E-state index >= 15 is 0 Å². The van der Waals surface area contributed by atoms with Crippen LogP contribution in [0.4, 0.5) is 0 Å². The number of rotatable bonds is 5. The van der Waals surface area contributed by atoms with Gasteiger partial charge in [0.25, 0.3) is 5.91 Å². The maximum atomic E-state index is 13.2. The normalized spacial score (nSPS) is 19.1. The summed E-state index contributed by atoms with van der Waals surface area (Å²) in [6, 6.07) is 1.90. The summed E-state index contributed by atoms with van der Waals surface area (Å²) in [7, 11) is -3.68. The van der Waals surface area contributed by atoms with E-state index in [2.05, 4.69) is 28.9 Å². The van der Waals surface area contributed by atoms with Gasteiger partial charge in [-0.25, -0.2) is 8.42 Å². The minimum Gasteiger partial charge on any atom is -0.458 e. The second-order valence-electron chi connectivity index (χ2n) is 8.22. The van der Waals surface area contributed by atoms with Gasteiger partial charge in [-0.15, -0.1) is 0 Å². The van der Waals surface area contributed by atoms with E-state index in [0.717, 1.165) is 25.9 Å². The number of carbonyl (C=O) groups excluding carboxylic acids is 1. The number of hydrogen-bond donors (Lipinski definition) is 1. The van der Waals surface area contributed by atoms with Crippen LogP contribution in [-0.2, 0) is 10.0 Å². The molecule has 1 N–H and O–H groups in total. The Balaban J connectivity index is 1.59. The van der Waals surface area contributed by atoms with Gasteiger partial charge < -0.3 is 9.32 Å². The number of H-pyrrole nitrogens is 1. The Kier molecular flexibility index (Phi) is 5.73. The number of hydrogen-bond acceptors (Lipinski definition) is 6. The minimum atomic E-state index is -3.68. The number of sulfonamides is 1. The fraction of sp³-hybridized carbons (Fsp3) is 0.600. The first-order chi connectivity index (χ1) is 14.3. The highest BCUT2D eigenvalue weighted by atomic mass is 32.2. The Labute approximate surface area is 177 Å². The zero-order valence-corrected chi connectivity index (χ0v) is 18.5. The van der Waals surface area contributed by atoms with Gasteiger partial charge in [0.1, 0.15) is 16.3 Å². The van der Waals surface area contributed by atoms with E-state index in [1.54, 1.807) is 11.8 Å². The fourth-order valence-electron chi connectivity index (χ4n) is 4.17. The summed E-state index contributed by atoms with van der Waals surface area (Å²) in [6.07, 6.45) is 3.46. The molecule has 9 nitrogen and oxygen atoms in total. The summed E-state index contributed by atoms with van der Waals surface area (Å²) in [4.78, 5) is 17.0. The zero-order chi connectivity index (χ0) is 21.5. The minimum absolute atomic E-state index is 0.112. The Morgan fingerprint density at radius 1 is 1.13 bits per heavy atom. The topological polar surface area (TPSA) is 103 Å². The van der Waals surface area contributed by atoms with E-state index in [4.69, 9.17) is 4.42 Å². The Hall–Kier alpha value is -2.17. The maximum Gasteiger partial charge on any atom is 0.257 e. The van der Waals surface area contributed by atoms with E-state index in [-0.39, 0.29) is 10.8 Å². The molecule has 0 aromatic carbocycles. The molecule has 30 heavy (non-hydrogen) atoms. The van der Waals surface area contributed by atoms with Gasteiger partial charge in [0.05, 0.1) is 11.8 Å². The van der Waals surface area contributed by atoms with Gasteiger partial charge in [-0.2, -0.15) is 9.40 Å². The average Bonchev–Trinajstić information content (AvgIpc) is 3.47. The smallest absolute Gasteiger partial charge is 0.257 e. The van der Waals surface area contributed by atoms with Crippen molar-refractivity contribution in [2.75, 3.05) is 39.3 Å². The van der Waals surface area contributed by atoms with Crippen molar-refractivity contribution < 1.29 is 17.6 Å². The van der Waals surface area contributed by atoms with Crippen LogP contribution in [0.25, 0.3) is 11.5 Å². The third-order valence-electron chi connectivity index (χ3n) is 6.00. The molecule has 2 fully saturated rings. The van der Waals surface area contributed by atoms with Crippen molar-refractivity contribution in [2.24, 2.45) is 0 Å². The van der Waals surface area contributed by atoms with E-state index in [1.165, 1.54) is 16.6 Å². The molecule has 4 heterocycles. The lowest BCUT2D eigenvalue weighted by Gasteiger charge is -2.36. The summed E-state index contributed by atoms with van der Waals surface area (Å²) in [5, 5.41) is 6.82. The highest BCUT2D eigenvalue weighted by Crippen LogP contribution is 2.32. The molecule has 2 aromatic heterocycles. The molecule has 2 aromatic rings. The van der Waals surface area contributed by atoms with Crippen LogP contribution in [0, 0.1) is 6.92 Å². The quantitative estimate of drug-likeness (QED) is 0.770. The van der Waals surface area contributed by atoms with Crippen LogP contribution in [0.3, 0.4) is 0 Å². The van der Waals surface area contributed by atoms with Gasteiger partial charge in [-0.05, 0) is 33.6 Å². The number of nitrogens with one attached hydrogen (secondary N) is 1. The molecular weight excluding hydrogens is 406 g/mol. The summed E-state index contributed by atoms with van der Waals surface area (Å²) in [6.45, 7) is 9.62. The Bertz CT molecular complexity index is 1010. The number of aromatic amines is 1. The molecule has 4 rings (SSSR count). The Morgan fingerprint density at radius 3 is 2.43 bits per heavy atom. The first-order valence-electron chi connectivity index (χ1n) is 10.5. The van der Waals surface area contributed by atoms with Gasteiger partial charge in [-0.3, -0.25) is 14.8 Å². The maximum absolute atomic E-state index is 13.2. The largest absolute Gasteiger partial charge is 0.458 e. The van der Waals surface area contributed by atoms with Crippen LogP contribution in [0.2, 0.25) is 0 Å². The Morgan fingerprint density at radius 2 is 1.80 bits per heavy atom. The number of nitrogens with zero attached hydrogens (tertiary/aromatic N) is 4. The van der Waals surface area contributed by atoms with Crippen molar-refractivity contribution in [3.05, 3.63) is 23.6 Å². The third-order valence-corrected chi connectivity index (χ3v) is 8.01. The van der Waals surface area contributed by atoms with Crippen LogP contribution >= 0.6 is 0 Å². The monoisotopic (exact) mass is 435 g/mol. The molecule has 0 saturated carbocycles. The van der Waals surface area contributed by atoms with Crippen molar-refractivity contribution in [3.63, 3.8) is 0 Å². The highest BCUT2D eigenvalue weighted by molar-refractivity contribution is 7.89. The van der Waals surface area contributed by atoms with Crippen molar-refractivity contribution >= 4 is 15.9 Å². The summed E-state index contributed by atoms with van der Waals surface area (Å²) >= 11 is 0. The summed E-state index contributed by atoms with van der Waals surface area (Å²) in [5.74, 6) is 0.511. The second kappa shape index (κ2) is 8.16. The van der Waals surface area contributed by atoms with E-state index in [0.29, 0.717) is 55.0 Å². The van der Waals surface area contributed by atoms with Crippen molar-refractivity contribution in [1.29, 1.82) is 0 Å². The molecule has 164 valence electrons. The van der Waals surface area contributed by atoms with Crippen molar-refractivity contribution in [1.82, 2.24) is 24.3 Å². The van der Waals surface area contributed by atoms with Crippen molar-refractivity contribution in [2.45, 2.75) is 44.6 Å². The molecule has 10 heteroatoms. The lowest BCUT2D eigenvalue weighted by molar-refractivity contribution is 0.0793. The van der Waals surface area contributed by atoms with Crippen LogP contribution in [0.15, 0.2) is 21.6 Å². The van der Waals surface area contributed by atoms with Gasteiger partial charge >= 0.3 is 0 Å². The summed E-state index contributed by atoms with van der Waals surface area (Å²) in [5.41, 5.74) is 0.821. The molecule has 2 aliphatic rings. The van der Waals surface area contributed by atoms with Gasteiger partial charge in [0, 0.05) is 51.4 Å². The van der Waals surface area contributed by atoms with Gasteiger partial charge in [0.2, 0.25) is 10.0 Å². The van der Waals surface area contributed by atoms with E-state index in [9.17, 15) is 13.2 Å². The number of piperazine rings is 1. The molecule has 0 radical (unpaired) electrons. The summed E-state index contributed by atoms with van der Waals surface area (Å²) < 4.78 is 33.8. The molecule has 0 spiro atoms. The lowest BCUT2D eigenvalue weighted by atomic mass is 10.2. The fourth-order valence-corrected chi connectivity index (χ4v) is 5.75. The number of amides is 1. The molecular formula is C20H29N5O4S. The molecule has 0 unspecified atom stereocenters. The first-order valence-corrected chi connectivity index (χ1v) is 11.9. The van der Waals surface area contributed by atoms with Crippen LogP contribution in [0.1, 0.15) is 42.8 Å². The number of carbonyl (C=O) groups is 1. The number of furan rings is 1. The molecule has 0 aliphatic carbocycles. The zero-order valence-electron chi connectivity index (χ0n) is 17.7. The van der Waals surface area contributed by atoms with E-state index in [1.807, 2.05) is 0 Å². The predicted molar refractivity (Wildman–Crippen MR) is 112 cm³/mol. The van der Waals surface area contributed by atoms with Crippen molar-refractivity contribution in [3.8, 4) is 11.5 Å². The van der Waals surface area contributed by atoms with Crippen LogP contribution in [0.5, 0.6) is 0 Å². The molecule has 2 saturated heterocycles. The van der Waals surface area contributed by atoms with E-state index < -0.39 is 10.0 Å². The number of likely N-dealkylation sites (tertiary alicyclic amines) is 1. The van der Waals surface area contributed by atoms with Gasteiger partial charge in [-0.1, -0.05) is 0 Å². The average molecular weight is 436 g/mol. The highest BCUT2D eigenvalue weighted by Gasteiger charge is 2.33. The number of aromatic nitrogens is 2. The van der Waals surface area contributed by atoms with Crippen LogP contribution < -0.4 is 0 Å². The van der Waals surface area contributed by atoms with Gasteiger partial charge in [0.15, 0.2) is 5.76 Å². The second-order valence-corrected chi connectivity index (χ2v) is 10.1. The number of aryl methyl sites for hydroxylation is 1. The predicted octanol–water partition coefficient (Wildman–Crippen LogP) is 1.93. The molecule has 0 atom stereocenters. The molecule has 2 aliphatic heterocycles. The molecule has 1 amide bonds. The first kappa shape index (κ1) is 21.1. The van der Waals surface area contributed by atoms with Crippen LogP contribution in [-0.4, -0.2) is 83.9 Å². The standard InChI is InChI=1S/C20H29N5O4S/c1-14(2)23-8-10-25(11-9-23)30(27,28)18-12-17(29-15(18)3)19-16(13-21-22-19)20(26)24-6-4-5-7-24/h12-14H,4-11H2,1-3H3,(H,21,22). The molecule has 0 bridgehead atoms. The lowest BCUT2D eigenvalue weighted by Crippen LogP contribution is -2.50. The SMILES string of the molecule is Cc1oc(-c2[nH]ncc2C(=O)N2CCCC2)cc1S(=O)(=O)N1CCN(C(C)C)CC1.